The molecule has 8 heteroatoms. The van der Waals surface area contributed by atoms with Gasteiger partial charge in [-0.25, -0.2) is 22.9 Å². The van der Waals surface area contributed by atoms with E-state index in [1.54, 1.807) is 0 Å². The van der Waals surface area contributed by atoms with E-state index in [9.17, 15) is 22.8 Å². The summed E-state index contributed by atoms with van der Waals surface area (Å²) < 4.78 is 47.9. The molecule has 2 heterocycles. The molecule has 0 spiro atoms. The summed E-state index contributed by atoms with van der Waals surface area (Å²) in [5.41, 5.74) is 1.87. The van der Waals surface area contributed by atoms with Crippen LogP contribution in [-0.2, 0) is 22.5 Å². The van der Waals surface area contributed by atoms with Crippen LogP contribution in [0.3, 0.4) is 0 Å². The lowest BCUT2D eigenvalue weighted by molar-refractivity contribution is -0.133. The van der Waals surface area contributed by atoms with Crippen molar-refractivity contribution in [3.8, 4) is 0 Å². The van der Waals surface area contributed by atoms with Crippen LogP contribution in [-0.4, -0.2) is 47.5 Å². The fraction of sp³-hybridized carbons (Fsp3) is 0.286. The molecule has 5 nitrogen and oxygen atoms in total. The van der Waals surface area contributed by atoms with Crippen LogP contribution in [0, 0.1) is 23.4 Å². The average molecular weight is 495 g/mol. The zero-order valence-electron chi connectivity index (χ0n) is 19.4. The van der Waals surface area contributed by atoms with Gasteiger partial charge in [0, 0.05) is 31.6 Å². The maximum Gasteiger partial charge on any atom is 0.416 e. The Morgan fingerprint density at radius 3 is 2.19 bits per heavy atom. The first-order chi connectivity index (χ1) is 17.4. The molecule has 0 radical (unpaired) electrons. The van der Waals surface area contributed by atoms with Crippen LogP contribution >= 0.6 is 0 Å². The second-order valence-corrected chi connectivity index (χ2v) is 9.31. The SMILES string of the molecule is O=C1OC[C@H](Cc2ccccc2)N1C(=O)[C@H]1CN(Cc2ccccc2)C[C@@H]1c1cc(F)c(F)cc1F. The van der Waals surface area contributed by atoms with E-state index in [-0.39, 0.29) is 25.3 Å². The monoisotopic (exact) mass is 494 g/mol. The maximum atomic E-state index is 14.8. The fourth-order valence-electron chi connectivity index (χ4n) is 5.19. The number of hydrogen-bond acceptors (Lipinski definition) is 4. The highest BCUT2D eigenvalue weighted by Gasteiger charge is 2.47. The Morgan fingerprint density at radius 2 is 1.50 bits per heavy atom. The molecular weight excluding hydrogens is 469 g/mol. The van der Waals surface area contributed by atoms with Crippen molar-refractivity contribution in [1.29, 1.82) is 0 Å². The zero-order chi connectivity index (χ0) is 25.2. The number of benzene rings is 3. The molecule has 36 heavy (non-hydrogen) atoms. The smallest absolute Gasteiger partial charge is 0.416 e. The van der Waals surface area contributed by atoms with Gasteiger partial charge in [0.05, 0.1) is 12.0 Å². The molecule has 0 N–H and O–H groups in total. The standard InChI is InChI=1S/C28H25F3N2O3/c29-24-13-26(31)25(30)12-21(24)22-15-32(14-19-9-5-2-6-10-19)16-23(22)27(34)33-20(17-36-28(33)35)11-18-7-3-1-4-8-18/h1-10,12-13,20,22-23H,11,14-17H2/t20-,22+,23-/m0/s1. The molecule has 186 valence electrons. The molecule has 0 bridgehead atoms. The summed E-state index contributed by atoms with van der Waals surface area (Å²) in [6.07, 6.45) is -0.324. The number of rotatable bonds is 6. The number of cyclic esters (lactones) is 1. The Bertz CT molecular complexity index is 1260. The van der Waals surface area contributed by atoms with E-state index in [1.807, 2.05) is 65.6 Å². The van der Waals surface area contributed by atoms with Crippen LogP contribution in [0.4, 0.5) is 18.0 Å². The summed E-state index contributed by atoms with van der Waals surface area (Å²) in [6, 6.07) is 19.8. The Morgan fingerprint density at radius 1 is 0.861 bits per heavy atom. The molecule has 5 rings (SSSR count). The van der Waals surface area contributed by atoms with Crippen LogP contribution in [0.15, 0.2) is 72.8 Å². The van der Waals surface area contributed by atoms with E-state index < -0.39 is 47.3 Å². The van der Waals surface area contributed by atoms with Crippen molar-refractivity contribution in [2.24, 2.45) is 5.92 Å². The van der Waals surface area contributed by atoms with Crippen LogP contribution in [0.5, 0.6) is 0 Å². The lowest BCUT2D eigenvalue weighted by Gasteiger charge is -2.26. The number of halogens is 3. The van der Waals surface area contributed by atoms with Crippen molar-refractivity contribution in [1.82, 2.24) is 9.80 Å². The highest BCUT2D eigenvalue weighted by molar-refractivity contribution is 5.95. The zero-order valence-corrected chi connectivity index (χ0v) is 19.4. The fourth-order valence-corrected chi connectivity index (χ4v) is 5.19. The molecule has 0 unspecified atom stereocenters. The van der Waals surface area contributed by atoms with Gasteiger partial charge in [-0.1, -0.05) is 60.7 Å². The predicted molar refractivity (Wildman–Crippen MR) is 126 cm³/mol. The number of imide groups is 1. The summed E-state index contributed by atoms with van der Waals surface area (Å²) in [5, 5.41) is 0. The molecule has 2 aliphatic rings. The second kappa shape index (κ2) is 10.1. The third kappa shape index (κ3) is 4.86. The van der Waals surface area contributed by atoms with Crippen molar-refractivity contribution in [2.75, 3.05) is 19.7 Å². The van der Waals surface area contributed by atoms with Crippen molar-refractivity contribution >= 4 is 12.0 Å². The minimum atomic E-state index is -1.29. The number of hydrogen-bond donors (Lipinski definition) is 0. The van der Waals surface area contributed by atoms with Gasteiger partial charge in [-0.2, -0.15) is 0 Å². The number of nitrogens with zero attached hydrogens (tertiary/aromatic N) is 2. The normalized spacial score (nSPS) is 22.1. The van der Waals surface area contributed by atoms with Crippen LogP contribution in [0.2, 0.25) is 0 Å². The number of amides is 2. The highest BCUT2D eigenvalue weighted by Crippen LogP contribution is 2.38. The summed E-state index contributed by atoms with van der Waals surface area (Å²) in [7, 11) is 0. The number of carbonyl (C=O) groups excluding carboxylic acids is 2. The molecule has 0 saturated carbocycles. The molecule has 0 aromatic heterocycles. The van der Waals surface area contributed by atoms with E-state index in [0.29, 0.717) is 19.0 Å². The lowest BCUT2D eigenvalue weighted by atomic mass is 9.87. The highest BCUT2D eigenvalue weighted by atomic mass is 19.2. The first-order valence-electron chi connectivity index (χ1n) is 11.8. The molecule has 2 amide bonds. The van der Waals surface area contributed by atoms with Gasteiger partial charge in [0.2, 0.25) is 5.91 Å². The van der Waals surface area contributed by atoms with Gasteiger partial charge >= 0.3 is 6.09 Å². The molecular formula is C28H25F3N2O3. The van der Waals surface area contributed by atoms with Crippen molar-refractivity contribution in [2.45, 2.75) is 24.9 Å². The summed E-state index contributed by atoms with van der Waals surface area (Å²) in [4.78, 5) is 29.5. The minimum Gasteiger partial charge on any atom is -0.447 e. The Kier molecular flexibility index (Phi) is 6.78. The van der Waals surface area contributed by atoms with E-state index in [1.165, 1.54) is 0 Å². The molecule has 3 aromatic carbocycles. The predicted octanol–water partition coefficient (Wildman–Crippen LogP) is 4.91. The number of ether oxygens (including phenoxy) is 1. The maximum absolute atomic E-state index is 14.8. The third-order valence-corrected chi connectivity index (χ3v) is 6.91. The van der Waals surface area contributed by atoms with E-state index >= 15 is 0 Å². The quantitative estimate of drug-likeness (QED) is 0.457. The van der Waals surface area contributed by atoms with Crippen molar-refractivity contribution < 1.29 is 27.5 Å². The Hall–Kier alpha value is -3.65. The van der Waals surface area contributed by atoms with Crippen LogP contribution in [0.1, 0.15) is 22.6 Å². The van der Waals surface area contributed by atoms with Crippen LogP contribution < -0.4 is 0 Å². The molecule has 2 saturated heterocycles. The number of likely N-dealkylation sites (tertiary alicyclic amines) is 1. The van der Waals surface area contributed by atoms with E-state index in [2.05, 4.69) is 0 Å². The minimum absolute atomic E-state index is 0.0596. The van der Waals surface area contributed by atoms with Gasteiger partial charge in [0.25, 0.3) is 0 Å². The molecule has 3 atom stereocenters. The lowest BCUT2D eigenvalue weighted by Crippen LogP contribution is -2.45. The Balaban J connectivity index is 1.45. The topological polar surface area (TPSA) is 49.9 Å². The Labute approximate surface area is 207 Å². The van der Waals surface area contributed by atoms with Crippen LogP contribution in [0.25, 0.3) is 0 Å². The largest absolute Gasteiger partial charge is 0.447 e. The second-order valence-electron chi connectivity index (χ2n) is 9.31. The summed E-state index contributed by atoms with van der Waals surface area (Å²) in [5.74, 6) is -5.48. The summed E-state index contributed by atoms with van der Waals surface area (Å²) in [6.45, 7) is 1.03. The number of carbonyl (C=O) groups is 2. The average Bonchev–Trinajstić information content (AvgIpc) is 3.45. The van der Waals surface area contributed by atoms with Gasteiger partial charge in [-0.15, -0.1) is 0 Å². The van der Waals surface area contributed by atoms with E-state index in [0.717, 1.165) is 22.1 Å². The van der Waals surface area contributed by atoms with Gasteiger partial charge in [0.15, 0.2) is 11.6 Å². The van der Waals surface area contributed by atoms with Crippen molar-refractivity contribution in [3.63, 3.8) is 0 Å². The summed E-state index contributed by atoms with van der Waals surface area (Å²) >= 11 is 0. The van der Waals surface area contributed by atoms with Gasteiger partial charge in [0.1, 0.15) is 12.4 Å². The molecule has 2 fully saturated rings. The molecule has 3 aromatic rings. The first kappa shape index (κ1) is 24.1. The molecule has 2 aliphatic heterocycles. The van der Waals surface area contributed by atoms with Crippen molar-refractivity contribution in [3.05, 3.63) is 107 Å². The third-order valence-electron chi connectivity index (χ3n) is 6.91. The molecule has 0 aliphatic carbocycles. The van der Waals surface area contributed by atoms with Gasteiger partial charge < -0.3 is 4.74 Å². The van der Waals surface area contributed by atoms with E-state index in [4.69, 9.17) is 4.74 Å². The van der Waals surface area contributed by atoms with Gasteiger partial charge in [-0.05, 0) is 29.2 Å². The first-order valence-corrected chi connectivity index (χ1v) is 11.8. The van der Waals surface area contributed by atoms with Gasteiger partial charge in [-0.3, -0.25) is 9.69 Å².